The summed E-state index contributed by atoms with van der Waals surface area (Å²) in [6.45, 7) is 5.18. The number of carbonyl (C=O) groups is 1. The molecule has 0 saturated heterocycles. The van der Waals surface area contributed by atoms with Crippen LogP contribution in [0.15, 0.2) is 48.6 Å². The Hall–Kier alpha value is -1.65. The van der Waals surface area contributed by atoms with Gasteiger partial charge in [0.1, 0.15) is 6.10 Å². The van der Waals surface area contributed by atoms with Gasteiger partial charge in [-0.3, -0.25) is 4.79 Å². The molecule has 0 amide bonds. The fraction of sp³-hybridized carbons (Fsp3) is 0.757. The van der Waals surface area contributed by atoms with Gasteiger partial charge in [0, 0.05) is 13.0 Å². The lowest BCUT2D eigenvalue weighted by Crippen LogP contribution is -2.27. The van der Waals surface area contributed by atoms with Crippen LogP contribution >= 0.6 is 0 Å². The molecule has 0 rings (SSSR count). The van der Waals surface area contributed by atoms with Crippen LogP contribution in [0.2, 0.25) is 0 Å². The van der Waals surface area contributed by atoms with Crippen LogP contribution < -0.4 is 0 Å². The average molecular weight is 575 g/mol. The monoisotopic (exact) mass is 574 g/mol. The number of aliphatic hydroxyl groups excluding tert-OH is 1. The number of aliphatic hydroxyl groups is 1. The Morgan fingerprint density at radius 3 is 1.66 bits per heavy atom. The number of rotatable bonds is 31. The van der Waals surface area contributed by atoms with Crippen molar-refractivity contribution in [3.8, 4) is 0 Å². The van der Waals surface area contributed by atoms with Crippen LogP contribution in [0.25, 0.3) is 0 Å². The maximum absolute atomic E-state index is 12.0. The van der Waals surface area contributed by atoms with Gasteiger partial charge in [0.15, 0.2) is 0 Å². The summed E-state index contributed by atoms with van der Waals surface area (Å²) < 4.78 is 11.1. The van der Waals surface area contributed by atoms with E-state index >= 15 is 0 Å². The van der Waals surface area contributed by atoms with Crippen LogP contribution in [0.4, 0.5) is 0 Å². The highest BCUT2D eigenvalue weighted by Gasteiger charge is 2.13. The third-order valence-corrected chi connectivity index (χ3v) is 7.17. The van der Waals surface area contributed by atoms with Crippen molar-refractivity contribution in [2.45, 2.75) is 161 Å². The van der Waals surface area contributed by atoms with E-state index < -0.39 is 6.10 Å². The van der Waals surface area contributed by atoms with Crippen LogP contribution in [0.5, 0.6) is 0 Å². The van der Waals surface area contributed by atoms with E-state index in [1.807, 2.05) is 0 Å². The summed E-state index contributed by atoms with van der Waals surface area (Å²) in [7, 11) is 0. The van der Waals surface area contributed by atoms with E-state index in [-0.39, 0.29) is 19.2 Å². The van der Waals surface area contributed by atoms with Gasteiger partial charge < -0.3 is 14.6 Å². The molecular weight excluding hydrogens is 508 g/mol. The quantitative estimate of drug-likeness (QED) is 0.0508. The lowest BCUT2D eigenvalue weighted by atomic mass is 10.1. The molecule has 4 nitrogen and oxygen atoms in total. The molecule has 0 aliphatic carbocycles. The average Bonchev–Trinajstić information content (AvgIpc) is 2.98. The molecule has 0 aromatic carbocycles. The van der Waals surface area contributed by atoms with Gasteiger partial charge >= 0.3 is 5.97 Å². The summed E-state index contributed by atoms with van der Waals surface area (Å²) >= 11 is 0. The van der Waals surface area contributed by atoms with Crippen LogP contribution in [0, 0.1) is 0 Å². The van der Waals surface area contributed by atoms with Gasteiger partial charge in [-0.1, -0.05) is 146 Å². The van der Waals surface area contributed by atoms with E-state index in [2.05, 4.69) is 62.5 Å². The molecular formula is C37H66O4. The predicted molar refractivity (Wildman–Crippen MR) is 177 cm³/mol. The minimum Gasteiger partial charge on any atom is -0.457 e. The van der Waals surface area contributed by atoms with E-state index in [1.165, 1.54) is 89.9 Å². The molecule has 1 unspecified atom stereocenters. The Morgan fingerprint density at radius 1 is 0.610 bits per heavy atom. The van der Waals surface area contributed by atoms with Crippen molar-refractivity contribution in [1.29, 1.82) is 0 Å². The van der Waals surface area contributed by atoms with Crippen molar-refractivity contribution < 1.29 is 19.4 Å². The molecule has 0 aliphatic heterocycles. The molecule has 1 N–H and O–H groups in total. The first-order chi connectivity index (χ1) is 20.2. The number of allylic oxidation sites excluding steroid dienone is 8. The van der Waals surface area contributed by atoms with Gasteiger partial charge in [0.2, 0.25) is 0 Å². The molecule has 41 heavy (non-hydrogen) atoms. The summed E-state index contributed by atoms with van der Waals surface area (Å²) in [6, 6.07) is 0. The Balaban J connectivity index is 3.47. The Bertz CT molecular complexity index is 649. The van der Waals surface area contributed by atoms with Crippen molar-refractivity contribution in [2.24, 2.45) is 0 Å². The molecule has 0 fully saturated rings. The van der Waals surface area contributed by atoms with Crippen LogP contribution in [-0.4, -0.2) is 37.0 Å². The van der Waals surface area contributed by atoms with Gasteiger partial charge in [0.05, 0.1) is 13.2 Å². The molecule has 0 aromatic rings. The fourth-order valence-corrected chi connectivity index (χ4v) is 4.61. The first-order valence-electron chi connectivity index (χ1n) is 17.2. The predicted octanol–water partition coefficient (Wildman–Crippen LogP) is 10.8. The Labute approximate surface area is 254 Å². The molecule has 0 aliphatic rings. The highest BCUT2D eigenvalue weighted by Crippen LogP contribution is 2.12. The molecule has 238 valence electrons. The summed E-state index contributed by atoms with van der Waals surface area (Å²) in [5, 5.41) is 9.51. The maximum Gasteiger partial charge on any atom is 0.306 e. The second-order valence-electron chi connectivity index (χ2n) is 11.2. The molecule has 0 radical (unpaired) electrons. The number of hydrogen-bond donors (Lipinski definition) is 1. The number of esters is 1. The molecule has 0 spiro atoms. The topological polar surface area (TPSA) is 55.8 Å². The minimum atomic E-state index is -0.536. The van der Waals surface area contributed by atoms with Gasteiger partial charge in [-0.2, -0.15) is 0 Å². The summed E-state index contributed by atoms with van der Waals surface area (Å²) in [5.74, 6) is -0.211. The Morgan fingerprint density at radius 2 is 1.10 bits per heavy atom. The van der Waals surface area contributed by atoms with E-state index in [9.17, 15) is 9.90 Å². The molecule has 0 aromatic heterocycles. The first-order valence-corrected chi connectivity index (χ1v) is 17.2. The Kier molecular flexibility index (Phi) is 33.2. The lowest BCUT2D eigenvalue weighted by molar-refractivity contribution is -0.154. The minimum absolute atomic E-state index is 0.176. The number of ether oxygens (including phenoxy) is 2. The molecule has 4 heteroatoms. The smallest absolute Gasteiger partial charge is 0.306 e. The van der Waals surface area contributed by atoms with Crippen molar-refractivity contribution in [1.82, 2.24) is 0 Å². The lowest BCUT2D eigenvalue weighted by Gasteiger charge is -2.16. The zero-order valence-electron chi connectivity index (χ0n) is 27.0. The van der Waals surface area contributed by atoms with Crippen LogP contribution in [0.3, 0.4) is 0 Å². The maximum atomic E-state index is 12.0. The third-order valence-electron chi connectivity index (χ3n) is 7.17. The van der Waals surface area contributed by atoms with Crippen LogP contribution in [0.1, 0.15) is 155 Å². The van der Waals surface area contributed by atoms with Gasteiger partial charge in [0.25, 0.3) is 0 Å². The molecule has 0 saturated carbocycles. The standard InChI is InChI=1S/C37H66O4/c1-3-5-7-9-11-13-14-15-16-17-18-19-20-21-22-23-25-27-29-31-33-40-35-36(34-38)41-37(39)32-30-28-26-24-12-10-8-6-4-2/h5,7,11,13,15-16,18-19,36,38H,3-4,6,8-10,12,14,17,20-35H2,1-2H3/b7-5-,13-11-,16-15-,19-18-. The van der Waals surface area contributed by atoms with E-state index in [0.29, 0.717) is 13.0 Å². The molecule has 0 heterocycles. The van der Waals surface area contributed by atoms with E-state index in [4.69, 9.17) is 9.47 Å². The van der Waals surface area contributed by atoms with Gasteiger partial charge in [-0.25, -0.2) is 0 Å². The zero-order chi connectivity index (χ0) is 29.9. The largest absolute Gasteiger partial charge is 0.457 e. The fourth-order valence-electron chi connectivity index (χ4n) is 4.61. The third kappa shape index (κ3) is 32.7. The number of hydrogen-bond acceptors (Lipinski definition) is 4. The van der Waals surface area contributed by atoms with Gasteiger partial charge in [-0.15, -0.1) is 0 Å². The van der Waals surface area contributed by atoms with Gasteiger partial charge in [-0.05, 0) is 51.4 Å². The van der Waals surface area contributed by atoms with Crippen molar-refractivity contribution in [3.05, 3.63) is 48.6 Å². The normalized spacial score (nSPS) is 13.0. The summed E-state index contributed by atoms with van der Waals surface area (Å²) in [5.41, 5.74) is 0. The number of carbonyl (C=O) groups excluding carboxylic acids is 1. The summed E-state index contributed by atoms with van der Waals surface area (Å²) in [4.78, 5) is 12.0. The second-order valence-corrected chi connectivity index (χ2v) is 11.2. The van der Waals surface area contributed by atoms with E-state index in [0.717, 1.165) is 44.9 Å². The molecule has 1 atom stereocenters. The summed E-state index contributed by atoms with van der Waals surface area (Å²) in [6.07, 6.45) is 42.9. The van der Waals surface area contributed by atoms with Crippen molar-refractivity contribution in [3.63, 3.8) is 0 Å². The highest BCUT2D eigenvalue weighted by molar-refractivity contribution is 5.69. The molecule has 0 bridgehead atoms. The SMILES string of the molecule is CC/C=C\C/C=C\C/C=C\C/C=C\CCCCCCCCCOCC(CO)OC(=O)CCCCCCCCCCC. The van der Waals surface area contributed by atoms with Crippen molar-refractivity contribution >= 4 is 5.97 Å². The number of unbranched alkanes of at least 4 members (excludes halogenated alkanes) is 15. The first kappa shape index (κ1) is 39.4. The zero-order valence-corrected chi connectivity index (χ0v) is 27.0. The van der Waals surface area contributed by atoms with Crippen LogP contribution in [-0.2, 0) is 14.3 Å². The second kappa shape index (κ2) is 34.6. The van der Waals surface area contributed by atoms with E-state index in [1.54, 1.807) is 0 Å². The highest BCUT2D eigenvalue weighted by atomic mass is 16.6. The van der Waals surface area contributed by atoms with Crippen molar-refractivity contribution in [2.75, 3.05) is 19.8 Å².